The second kappa shape index (κ2) is 7.28. The van der Waals surface area contributed by atoms with E-state index in [1.165, 1.54) is 6.21 Å². The molecule has 1 N–H and O–H groups in total. The van der Waals surface area contributed by atoms with Gasteiger partial charge in [0.15, 0.2) is 0 Å². The van der Waals surface area contributed by atoms with Crippen molar-refractivity contribution in [3.05, 3.63) is 59.2 Å². The molecule has 0 bridgehead atoms. The van der Waals surface area contributed by atoms with Crippen LogP contribution in [0, 0.1) is 13.8 Å². The molecule has 0 aromatic heterocycles. The minimum atomic E-state index is -3.68. The first kappa shape index (κ1) is 17.0. The zero-order valence-corrected chi connectivity index (χ0v) is 14.2. The highest BCUT2D eigenvalue weighted by atomic mass is 32.2. The molecular weight excluding hydrogens is 312 g/mol. The molecule has 2 aromatic rings. The highest BCUT2D eigenvalue weighted by Crippen LogP contribution is 2.16. The van der Waals surface area contributed by atoms with E-state index in [1.54, 1.807) is 24.3 Å². The Morgan fingerprint density at radius 2 is 1.87 bits per heavy atom. The molecule has 0 aliphatic heterocycles. The number of nitrogens with zero attached hydrogens (tertiary/aromatic N) is 1. The van der Waals surface area contributed by atoms with Gasteiger partial charge in [-0.3, -0.25) is 0 Å². The summed E-state index contributed by atoms with van der Waals surface area (Å²) in [4.78, 5) is 2.42. The summed E-state index contributed by atoms with van der Waals surface area (Å²) in [5.74, 6) is 0.657. The first-order valence-corrected chi connectivity index (χ1v) is 8.76. The fraction of sp³-hybridized carbons (Fsp3) is 0.235. The minimum Gasteiger partial charge on any atom is -0.493 e. The molecule has 2 rings (SSSR count). The maximum atomic E-state index is 12.2. The first-order chi connectivity index (χ1) is 10.9. The Morgan fingerprint density at radius 3 is 2.57 bits per heavy atom. The van der Waals surface area contributed by atoms with Crippen LogP contribution in [0.4, 0.5) is 0 Å². The average molecular weight is 332 g/mol. The third kappa shape index (κ3) is 4.32. The molecule has 0 radical (unpaired) electrons. The van der Waals surface area contributed by atoms with Gasteiger partial charge in [0.25, 0.3) is 10.0 Å². The van der Waals surface area contributed by atoms with Gasteiger partial charge in [-0.15, -0.1) is 0 Å². The lowest BCUT2D eigenvalue weighted by Gasteiger charge is -2.07. The lowest BCUT2D eigenvalue weighted by Crippen LogP contribution is -2.18. The van der Waals surface area contributed by atoms with Gasteiger partial charge >= 0.3 is 0 Å². The standard InChI is InChI=1S/C17H20N2O3S/c1-4-22-17-8-6-5-7-15(17)12-18-19-23(20,21)16-10-9-13(2)14(3)11-16/h5-12,19H,4H2,1-3H3/b18-12+. The zero-order valence-electron chi connectivity index (χ0n) is 13.4. The van der Waals surface area contributed by atoms with Crippen molar-refractivity contribution in [3.63, 3.8) is 0 Å². The van der Waals surface area contributed by atoms with E-state index in [0.29, 0.717) is 17.9 Å². The number of hydrogen-bond donors (Lipinski definition) is 1. The maximum Gasteiger partial charge on any atom is 0.276 e. The van der Waals surface area contributed by atoms with E-state index in [9.17, 15) is 8.42 Å². The van der Waals surface area contributed by atoms with Crippen LogP contribution in [-0.2, 0) is 10.0 Å². The molecule has 23 heavy (non-hydrogen) atoms. The zero-order chi connectivity index (χ0) is 16.9. The number of aryl methyl sites for hydroxylation is 2. The molecule has 0 amide bonds. The number of hydrogen-bond acceptors (Lipinski definition) is 4. The van der Waals surface area contributed by atoms with Gasteiger partial charge in [0.05, 0.1) is 17.7 Å². The Labute approximate surface area is 137 Å². The predicted octanol–water partition coefficient (Wildman–Crippen LogP) is 3.01. The second-order valence-electron chi connectivity index (χ2n) is 5.07. The van der Waals surface area contributed by atoms with Crippen LogP contribution in [0.2, 0.25) is 0 Å². The van der Waals surface area contributed by atoms with Crippen molar-refractivity contribution in [2.24, 2.45) is 5.10 Å². The SMILES string of the molecule is CCOc1ccccc1/C=N/NS(=O)(=O)c1ccc(C)c(C)c1. The van der Waals surface area contributed by atoms with E-state index in [1.807, 2.05) is 39.0 Å². The summed E-state index contributed by atoms with van der Waals surface area (Å²) in [5.41, 5.74) is 2.66. The van der Waals surface area contributed by atoms with E-state index in [2.05, 4.69) is 9.93 Å². The van der Waals surface area contributed by atoms with Crippen molar-refractivity contribution in [1.29, 1.82) is 0 Å². The van der Waals surface area contributed by atoms with Crippen LogP contribution in [0.15, 0.2) is 52.5 Å². The smallest absolute Gasteiger partial charge is 0.276 e. The van der Waals surface area contributed by atoms with Crippen LogP contribution in [-0.4, -0.2) is 21.2 Å². The summed E-state index contributed by atoms with van der Waals surface area (Å²) in [7, 11) is -3.68. The van der Waals surface area contributed by atoms with Gasteiger partial charge in [0.2, 0.25) is 0 Å². The molecular formula is C17H20N2O3S. The highest BCUT2D eigenvalue weighted by molar-refractivity contribution is 7.89. The molecule has 122 valence electrons. The summed E-state index contributed by atoms with van der Waals surface area (Å²) in [5, 5.41) is 3.84. The lowest BCUT2D eigenvalue weighted by molar-refractivity contribution is 0.340. The average Bonchev–Trinajstić information content (AvgIpc) is 2.52. The van der Waals surface area contributed by atoms with Crippen molar-refractivity contribution < 1.29 is 13.2 Å². The van der Waals surface area contributed by atoms with Crippen LogP contribution < -0.4 is 9.57 Å². The fourth-order valence-electron chi connectivity index (χ4n) is 1.97. The Bertz CT molecular complexity index is 814. The van der Waals surface area contributed by atoms with E-state index in [4.69, 9.17) is 4.74 Å². The Hall–Kier alpha value is -2.34. The lowest BCUT2D eigenvalue weighted by atomic mass is 10.1. The number of nitrogens with one attached hydrogen (secondary N) is 1. The molecule has 0 aliphatic carbocycles. The van der Waals surface area contributed by atoms with Gasteiger partial charge in [-0.25, -0.2) is 4.83 Å². The summed E-state index contributed by atoms with van der Waals surface area (Å²) in [6, 6.07) is 12.3. The van der Waals surface area contributed by atoms with Gasteiger partial charge < -0.3 is 4.74 Å². The quantitative estimate of drug-likeness (QED) is 0.653. The van der Waals surface area contributed by atoms with Gasteiger partial charge in [-0.1, -0.05) is 18.2 Å². The third-order valence-corrected chi connectivity index (χ3v) is 4.60. The molecule has 6 heteroatoms. The van der Waals surface area contributed by atoms with Crippen LogP contribution >= 0.6 is 0 Å². The Morgan fingerprint density at radius 1 is 1.13 bits per heavy atom. The molecule has 0 aliphatic rings. The van der Waals surface area contributed by atoms with Gasteiger partial charge in [0.1, 0.15) is 5.75 Å². The van der Waals surface area contributed by atoms with Crippen molar-refractivity contribution in [3.8, 4) is 5.75 Å². The summed E-state index contributed by atoms with van der Waals surface area (Å²) < 4.78 is 29.9. The molecule has 0 atom stereocenters. The van der Waals surface area contributed by atoms with Gasteiger partial charge in [-0.05, 0) is 56.2 Å². The van der Waals surface area contributed by atoms with Crippen LogP contribution in [0.5, 0.6) is 5.75 Å². The second-order valence-corrected chi connectivity index (χ2v) is 6.73. The van der Waals surface area contributed by atoms with E-state index in [0.717, 1.165) is 11.1 Å². The molecule has 0 heterocycles. The topological polar surface area (TPSA) is 67.8 Å². The molecule has 5 nitrogen and oxygen atoms in total. The van der Waals surface area contributed by atoms with Crippen LogP contribution in [0.25, 0.3) is 0 Å². The normalized spacial score (nSPS) is 11.6. The largest absolute Gasteiger partial charge is 0.493 e. The molecule has 0 unspecified atom stereocenters. The number of sulfonamides is 1. The number of benzene rings is 2. The third-order valence-electron chi connectivity index (χ3n) is 3.38. The minimum absolute atomic E-state index is 0.191. The Balaban J connectivity index is 2.17. The van der Waals surface area contributed by atoms with Crippen LogP contribution in [0.3, 0.4) is 0 Å². The van der Waals surface area contributed by atoms with Gasteiger partial charge in [-0.2, -0.15) is 13.5 Å². The van der Waals surface area contributed by atoms with Crippen molar-refractivity contribution >= 4 is 16.2 Å². The number of ether oxygens (including phenoxy) is 1. The summed E-state index contributed by atoms with van der Waals surface area (Å²) >= 11 is 0. The monoisotopic (exact) mass is 332 g/mol. The van der Waals surface area contributed by atoms with Crippen molar-refractivity contribution in [1.82, 2.24) is 4.83 Å². The summed E-state index contributed by atoms with van der Waals surface area (Å²) in [6.45, 7) is 6.22. The van der Waals surface area contributed by atoms with Gasteiger partial charge in [0, 0.05) is 5.56 Å². The number of hydrazone groups is 1. The van der Waals surface area contributed by atoms with Crippen LogP contribution in [0.1, 0.15) is 23.6 Å². The number of rotatable bonds is 6. The maximum absolute atomic E-state index is 12.2. The van der Waals surface area contributed by atoms with Crippen molar-refractivity contribution in [2.75, 3.05) is 6.61 Å². The molecule has 0 saturated carbocycles. The fourth-order valence-corrected chi connectivity index (χ4v) is 2.85. The molecule has 0 spiro atoms. The first-order valence-electron chi connectivity index (χ1n) is 7.28. The summed E-state index contributed by atoms with van der Waals surface area (Å²) in [6.07, 6.45) is 1.43. The van der Waals surface area contributed by atoms with E-state index in [-0.39, 0.29) is 4.90 Å². The molecule has 0 saturated heterocycles. The molecule has 2 aromatic carbocycles. The van der Waals surface area contributed by atoms with E-state index >= 15 is 0 Å². The van der Waals surface area contributed by atoms with Crippen molar-refractivity contribution in [2.45, 2.75) is 25.7 Å². The number of para-hydroxylation sites is 1. The highest BCUT2D eigenvalue weighted by Gasteiger charge is 2.13. The predicted molar refractivity (Wildman–Crippen MR) is 91.4 cm³/mol. The Kier molecular flexibility index (Phi) is 5.39. The van der Waals surface area contributed by atoms with E-state index < -0.39 is 10.0 Å². The molecule has 0 fully saturated rings.